The zero-order valence-electron chi connectivity index (χ0n) is 11.8. The number of anilines is 1. The summed E-state index contributed by atoms with van der Waals surface area (Å²) in [4.78, 5) is 10.7. The Hall–Kier alpha value is -1.36. The minimum Gasteiger partial charge on any atom is -0.478 e. The number of nitrogens with zero attached hydrogens (tertiary/aromatic N) is 3. The molecule has 1 N–H and O–H groups in total. The van der Waals surface area contributed by atoms with Gasteiger partial charge in [-0.1, -0.05) is 13.3 Å². The summed E-state index contributed by atoms with van der Waals surface area (Å²) >= 11 is 0. The summed E-state index contributed by atoms with van der Waals surface area (Å²) in [6.45, 7) is 5.60. The van der Waals surface area contributed by atoms with E-state index in [1.54, 1.807) is 12.3 Å². The van der Waals surface area contributed by atoms with Gasteiger partial charge in [0, 0.05) is 24.8 Å². The van der Waals surface area contributed by atoms with E-state index in [1.165, 1.54) is 6.42 Å². The van der Waals surface area contributed by atoms with Crippen molar-refractivity contribution in [3.63, 3.8) is 0 Å². The molecule has 1 aromatic heterocycles. The van der Waals surface area contributed by atoms with E-state index in [1.807, 2.05) is 6.92 Å². The molecule has 0 aliphatic carbocycles. The van der Waals surface area contributed by atoms with E-state index in [9.17, 15) is 0 Å². The van der Waals surface area contributed by atoms with Crippen molar-refractivity contribution in [2.75, 3.05) is 32.6 Å². The molecule has 5 nitrogen and oxygen atoms in total. The predicted octanol–water partition coefficient (Wildman–Crippen LogP) is 2.02. The fourth-order valence-electron chi connectivity index (χ4n) is 1.74. The zero-order chi connectivity index (χ0) is 13.4. The molecule has 0 fully saturated rings. The largest absolute Gasteiger partial charge is 0.478 e. The summed E-state index contributed by atoms with van der Waals surface area (Å²) < 4.78 is 5.35. The van der Waals surface area contributed by atoms with Crippen molar-refractivity contribution in [1.82, 2.24) is 14.9 Å². The van der Waals surface area contributed by atoms with Crippen LogP contribution in [-0.2, 0) is 0 Å². The third-order valence-electron chi connectivity index (χ3n) is 2.77. The predicted molar refractivity (Wildman–Crippen MR) is 74.1 cm³/mol. The first-order valence-electron chi connectivity index (χ1n) is 6.53. The van der Waals surface area contributed by atoms with Crippen molar-refractivity contribution in [1.29, 1.82) is 0 Å². The van der Waals surface area contributed by atoms with Crippen LogP contribution in [0.2, 0.25) is 0 Å². The Morgan fingerprint density at radius 2 is 2.17 bits per heavy atom. The summed E-state index contributed by atoms with van der Waals surface area (Å²) in [6.07, 6.45) is 4.04. The maximum atomic E-state index is 5.35. The highest BCUT2D eigenvalue weighted by atomic mass is 16.5. The van der Waals surface area contributed by atoms with Crippen molar-refractivity contribution in [2.45, 2.75) is 32.7 Å². The lowest BCUT2D eigenvalue weighted by Crippen LogP contribution is -2.34. The van der Waals surface area contributed by atoms with E-state index >= 15 is 0 Å². The molecule has 1 aromatic rings. The van der Waals surface area contributed by atoms with E-state index in [-0.39, 0.29) is 0 Å². The molecule has 0 saturated carbocycles. The number of likely N-dealkylation sites (N-methyl/N-ethyl adjacent to an activating group) is 1. The number of rotatable bonds is 8. The molecule has 0 aliphatic heterocycles. The van der Waals surface area contributed by atoms with Gasteiger partial charge >= 0.3 is 0 Å². The summed E-state index contributed by atoms with van der Waals surface area (Å²) in [5.74, 6) is 1.25. The van der Waals surface area contributed by atoms with Gasteiger partial charge in [-0.05, 0) is 27.4 Å². The quantitative estimate of drug-likeness (QED) is 0.767. The SMILES string of the molecule is CCC[C@H](CNc1nccc(OCC)n1)N(C)C. The maximum absolute atomic E-state index is 5.35. The summed E-state index contributed by atoms with van der Waals surface area (Å²) in [6, 6.07) is 2.26. The van der Waals surface area contributed by atoms with Gasteiger partial charge < -0.3 is 15.0 Å². The van der Waals surface area contributed by atoms with E-state index in [0.29, 0.717) is 24.5 Å². The molecule has 0 radical (unpaired) electrons. The lowest BCUT2D eigenvalue weighted by atomic mass is 10.1. The first kappa shape index (κ1) is 14.7. The van der Waals surface area contributed by atoms with Crippen LogP contribution in [0.4, 0.5) is 5.95 Å². The van der Waals surface area contributed by atoms with Gasteiger partial charge in [-0.2, -0.15) is 4.98 Å². The molecular weight excluding hydrogens is 228 g/mol. The van der Waals surface area contributed by atoms with E-state index in [2.05, 4.69) is 41.2 Å². The van der Waals surface area contributed by atoms with Crippen LogP contribution in [0.3, 0.4) is 0 Å². The zero-order valence-corrected chi connectivity index (χ0v) is 11.8. The van der Waals surface area contributed by atoms with Crippen LogP contribution in [0.15, 0.2) is 12.3 Å². The Balaban J connectivity index is 2.53. The molecule has 1 rings (SSSR count). The van der Waals surface area contributed by atoms with Crippen molar-refractivity contribution in [3.8, 4) is 5.88 Å². The smallest absolute Gasteiger partial charge is 0.225 e. The van der Waals surface area contributed by atoms with Gasteiger partial charge in [-0.25, -0.2) is 4.98 Å². The van der Waals surface area contributed by atoms with Gasteiger partial charge in [-0.15, -0.1) is 0 Å². The molecule has 0 bridgehead atoms. The summed E-state index contributed by atoms with van der Waals surface area (Å²) in [7, 11) is 4.19. The molecule has 18 heavy (non-hydrogen) atoms. The Labute approximate surface area is 110 Å². The van der Waals surface area contributed by atoms with Gasteiger partial charge in [-0.3, -0.25) is 0 Å². The van der Waals surface area contributed by atoms with Gasteiger partial charge in [0.2, 0.25) is 11.8 Å². The van der Waals surface area contributed by atoms with Crippen LogP contribution in [-0.4, -0.2) is 48.2 Å². The molecule has 0 spiro atoms. The Morgan fingerprint density at radius 3 is 2.78 bits per heavy atom. The third kappa shape index (κ3) is 4.87. The first-order chi connectivity index (χ1) is 8.67. The molecule has 1 atom stereocenters. The van der Waals surface area contributed by atoms with Gasteiger partial charge in [0.05, 0.1) is 6.61 Å². The molecular formula is C13H24N4O. The summed E-state index contributed by atoms with van der Waals surface area (Å²) in [5, 5.41) is 3.27. The number of nitrogens with one attached hydrogen (secondary N) is 1. The highest BCUT2D eigenvalue weighted by molar-refractivity contribution is 5.27. The van der Waals surface area contributed by atoms with Crippen LogP contribution in [0.5, 0.6) is 5.88 Å². The highest BCUT2D eigenvalue weighted by Crippen LogP contribution is 2.09. The fraction of sp³-hybridized carbons (Fsp3) is 0.692. The second kappa shape index (κ2) is 7.87. The van der Waals surface area contributed by atoms with Gasteiger partial charge in [0.15, 0.2) is 0 Å². The molecule has 0 aromatic carbocycles. The van der Waals surface area contributed by atoms with Gasteiger partial charge in [0.25, 0.3) is 0 Å². The average molecular weight is 252 g/mol. The summed E-state index contributed by atoms with van der Waals surface area (Å²) in [5.41, 5.74) is 0. The average Bonchev–Trinajstić information content (AvgIpc) is 2.35. The molecule has 5 heteroatoms. The van der Waals surface area contributed by atoms with E-state index in [0.717, 1.165) is 13.0 Å². The topological polar surface area (TPSA) is 50.3 Å². The van der Waals surface area contributed by atoms with Crippen molar-refractivity contribution >= 4 is 5.95 Å². The number of aromatic nitrogens is 2. The fourth-order valence-corrected chi connectivity index (χ4v) is 1.74. The third-order valence-corrected chi connectivity index (χ3v) is 2.77. The van der Waals surface area contributed by atoms with Gasteiger partial charge in [0.1, 0.15) is 0 Å². The number of hydrogen-bond donors (Lipinski definition) is 1. The number of ether oxygens (including phenoxy) is 1. The second-order valence-electron chi connectivity index (χ2n) is 4.44. The normalized spacial score (nSPS) is 12.5. The van der Waals surface area contributed by atoms with Crippen molar-refractivity contribution < 1.29 is 4.74 Å². The van der Waals surface area contributed by atoms with Crippen LogP contribution in [0.25, 0.3) is 0 Å². The highest BCUT2D eigenvalue weighted by Gasteiger charge is 2.10. The van der Waals surface area contributed by atoms with Crippen LogP contribution < -0.4 is 10.1 Å². The minimum absolute atomic E-state index is 0.495. The van der Waals surface area contributed by atoms with Crippen LogP contribution in [0.1, 0.15) is 26.7 Å². The molecule has 0 aliphatic rings. The maximum Gasteiger partial charge on any atom is 0.225 e. The minimum atomic E-state index is 0.495. The van der Waals surface area contributed by atoms with Crippen molar-refractivity contribution in [2.24, 2.45) is 0 Å². The Morgan fingerprint density at radius 1 is 1.39 bits per heavy atom. The molecule has 0 unspecified atom stereocenters. The molecule has 0 amide bonds. The molecule has 0 saturated heterocycles. The molecule has 102 valence electrons. The Kier molecular flexibility index (Phi) is 6.43. The van der Waals surface area contributed by atoms with Crippen LogP contribution in [0, 0.1) is 0 Å². The monoisotopic (exact) mass is 252 g/mol. The lowest BCUT2D eigenvalue weighted by Gasteiger charge is -2.24. The standard InChI is InChI=1S/C13H24N4O/c1-5-7-11(17(3)4)10-15-13-14-9-8-12(16-13)18-6-2/h8-9,11H,5-7,10H2,1-4H3,(H,14,15,16)/t11-/m1/s1. The number of hydrogen-bond acceptors (Lipinski definition) is 5. The van der Waals surface area contributed by atoms with E-state index in [4.69, 9.17) is 4.74 Å². The van der Waals surface area contributed by atoms with Crippen molar-refractivity contribution in [3.05, 3.63) is 12.3 Å². The Bertz CT molecular complexity index is 344. The molecule has 1 heterocycles. The van der Waals surface area contributed by atoms with E-state index < -0.39 is 0 Å². The first-order valence-corrected chi connectivity index (χ1v) is 6.53. The second-order valence-corrected chi connectivity index (χ2v) is 4.44. The lowest BCUT2D eigenvalue weighted by molar-refractivity contribution is 0.288. The van der Waals surface area contributed by atoms with Crippen LogP contribution >= 0.6 is 0 Å².